The monoisotopic (exact) mass is 366 g/mol. The zero-order valence-corrected chi connectivity index (χ0v) is 15.7. The molecule has 0 bridgehead atoms. The minimum atomic E-state index is -0.391. The van der Waals surface area contributed by atoms with E-state index < -0.39 is 5.97 Å². The molecule has 7 heteroatoms. The highest BCUT2D eigenvalue weighted by atomic mass is 17.2. The molecule has 1 aromatic carbocycles. The summed E-state index contributed by atoms with van der Waals surface area (Å²) in [5, 5.41) is 2.88. The summed E-state index contributed by atoms with van der Waals surface area (Å²) in [7, 11) is 0. The Morgan fingerprint density at radius 1 is 1.08 bits per heavy atom. The van der Waals surface area contributed by atoms with Gasteiger partial charge in [-0.25, -0.2) is 9.78 Å². The van der Waals surface area contributed by atoms with Gasteiger partial charge in [-0.05, 0) is 31.4 Å². The number of carbonyl (C=O) groups is 2. The summed E-state index contributed by atoms with van der Waals surface area (Å²) < 4.78 is 4.98. The summed E-state index contributed by atoms with van der Waals surface area (Å²) in [4.78, 5) is 33.3. The van der Waals surface area contributed by atoms with Gasteiger partial charge in [0.2, 0.25) is 0 Å². The number of ether oxygens (including phenoxy) is 1. The number of anilines is 1. The topological polar surface area (TPSA) is 99.9 Å². The first-order chi connectivity index (χ1) is 12.5. The number of amides is 1. The van der Waals surface area contributed by atoms with E-state index in [0.29, 0.717) is 36.6 Å². The molecule has 0 aromatic heterocycles. The Hall–Kier alpha value is -2.12. The number of nitrogens with one attached hydrogen (secondary N) is 1. The Balaban J connectivity index is 2.28. The first-order valence-corrected chi connectivity index (χ1v) is 9.09. The molecule has 1 aromatic rings. The highest BCUT2D eigenvalue weighted by Gasteiger charge is 2.12. The molecule has 0 saturated heterocycles. The van der Waals surface area contributed by atoms with Crippen molar-refractivity contribution in [2.75, 3.05) is 25.5 Å². The molecule has 1 rings (SSSR count). The largest absolute Gasteiger partial charge is 0.461 e. The molecule has 0 heterocycles. The van der Waals surface area contributed by atoms with E-state index >= 15 is 0 Å². The third kappa shape index (κ3) is 9.39. The first-order valence-electron chi connectivity index (χ1n) is 9.09. The van der Waals surface area contributed by atoms with E-state index in [4.69, 9.17) is 20.2 Å². The van der Waals surface area contributed by atoms with Crippen LogP contribution in [0.1, 0.15) is 61.9 Å². The highest BCUT2D eigenvalue weighted by Crippen LogP contribution is 2.15. The standard InChI is InChI=1S/C19H30N2O5/c1-3-11-25-26-12-7-5-4-6-10-21-19(23)18-13-17(20)9-8-16(18)14-24-15(2)22/h8-9,13H,3-7,10-12,14,20H2,1-2H3,(H,21,23). The zero-order chi connectivity index (χ0) is 19.2. The van der Waals surface area contributed by atoms with Crippen LogP contribution < -0.4 is 11.1 Å². The van der Waals surface area contributed by atoms with Crippen molar-refractivity contribution in [2.45, 2.75) is 52.6 Å². The summed E-state index contributed by atoms with van der Waals surface area (Å²) in [6.07, 6.45) is 4.76. The lowest BCUT2D eigenvalue weighted by atomic mass is 10.1. The lowest BCUT2D eigenvalue weighted by Gasteiger charge is -2.11. The van der Waals surface area contributed by atoms with Crippen molar-refractivity contribution in [3.63, 3.8) is 0 Å². The van der Waals surface area contributed by atoms with E-state index in [1.165, 1.54) is 6.92 Å². The van der Waals surface area contributed by atoms with Crippen molar-refractivity contribution in [1.29, 1.82) is 0 Å². The fraction of sp³-hybridized carbons (Fsp3) is 0.579. The average molecular weight is 366 g/mol. The molecule has 3 N–H and O–H groups in total. The number of hydrogen-bond donors (Lipinski definition) is 2. The summed E-state index contributed by atoms with van der Waals surface area (Å²) in [6.45, 7) is 5.20. The lowest BCUT2D eigenvalue weighted by Crippen LogP contribution is -2.26. The van der Waals surface area contributed by atoms with Crippen LogP contribution in [0.4, 0.5) is 5.69 Å². The average Bonchev–Trinajstić information content (AvgIpc) is 2.61. The van der Waals surface area contributed by atoms with E-state index in [9.17, 15) is 9.59 Å². The number of nitrogens with two attached hydrogens (primary N) is 1. The Morgan fingerprint density at radius 2 is 1.81 bits per heavy atom. The van der Waals surface area contributed by atoms with Gasteiger partial charge in [0.05, 0.1) is 13.2 Å². The van der Waals surface area contributed by atoms with Crippen molar-refractivity contribution in [2.24, 2.45) is 0 Å². The Morgan fingerprint density at radius 3 is 2.54 bits per heavy atom. The molecule has 7 nitrogen and oxygen atoms in total. The first kappa shape index (κ1) is 21.9. The summed E-state index contributed by atoms with van der Waals surface area (Å²) in [5.74, 6) is -0.604. The van der Waals surface area contributed by atoms with Gasteiger partial charge in [-0.2, -0.15) is 0 Å². The van der Waals surface area contributed by atoms with Gasteiger partial charge < -0.3 is 15.8 Å². The molecule has 1 amide bonds. The van der Waals surface area contributed by atoms with E-state index in [1.807, 2.05) is 6.92 Å². The van der Waals surface area contributed by atoms with Gasteiger partial charge >= 0.3 is 5.97 Å². The molecule has 0 aliphatic rings. The molecular weight excluding hydrogens is 336 g/mol. The maximum atomic E-state index is 12.4. The Kier molecular flexibility index (Phi) is 11.1. The number of rotatable bonds is 13. The van der Waals surface area contributed by atoms with Crippen LogP contribution in [0.3, 0.4) is 0 Å². The van der Waals surface area contributed by atoms with Gasteiger partial charge in [0.25, 0.3) is 5.91 Å². The SMILES string of the molecule is CCCOOCCCCCCNC(=O)c1cc(N)ccc1COC(C)=O. The van der Waals surface area contributed by atoms with Crippen molar-refractivity contribution >= 4 is 17.6 Å². The maximum Gasteiger partial charge on any atom is 0.302 e. The lowest BCUT2D eigenvalue weighted by molar-refractivity contribution is -0.294. The fourth-order valence-electron chi connectivity index (χ4n) is 2.25. The minimum Gasteiger partial charge on any atom is -0.461 e. The molecule has 0 fully saturated rings. The van der Waals surface area contributed by atoms with Gasteiger partial charge in [-0.1, -0.05) is 25.8 Å². The summed E-state index contributed by atoms with van der Waals surface area (Å²) in [5.41, 5.74) is 7.33. The van der Waals surface area contributed by atoms with Crippen LogP contribution in [-0.2, 0) is 25.9 Å². The van der Waals surface area contributed by atoms with Crippen LogP contribution in [0.15, 0.2) is 18.2 Å². The van der Waals surface area contributed by atoms with Gasteiger partial charge in [-0.15, -0.1) is 0 Å². The van der Waals surface area contributed by atoms with Crippen LogP contribution >= 0.6 is 0 Å². The molecule has 146 valence electrons. The summed E-state index contributed by atoms with van der Waals surface area (Å²) >= 11 is 0. The van der Waals surface area contributed by atoms with Crippen LogP contribution in [0.5, 0.6) is 0 Å². The van der Waals surface area contributed by atoms with Crippen molar-refractivity contribution in [3.8, 4) is 0 Å². The number of benzene rings is 1. The Labute approximate surface area is 155 Å². The van der Waals surface area contributed by atoms with Crippen molar-refractivity contribution < 1.29 is 24.1 Å². The number of unbranched alkanes of at least 4 members (excludes halogenated alkanes) is 3. The van der Waals surface area contributed by atoms with Crippen molar-refractivity contribution in [3.05, 3.63) is 29.3 Å². The Bertz CT molecular complexity index is 563. The number of hydrogen-bond acceptors (Lipinski definition) is 6. The molecule has 0 atom stereocenters. The molecule has 0 radical (unpaired) electrons. The van der Waals surface area contributed by atoms with Crippen LogP contribution in [0.25, 0.3) is 0 Å². The third-order valence-electron chi connectivity index (χ3n) is 3.62. The van der Waals surface area contributed by atoms with Gasteiger partial charge in [0, 0.05) is 30.3 Å². The number of carbonyl (C=O) groups excluding carboxylic acids is 2. The smallest absolute Gasteiger partial charge is 0.302 e. The van der Waals surface area contributed by atoms with Gasteiger partial charge in [-0.3, -0.25) is 9.59 Å². The zero-order valence-electron chi connectivity index (χ0n) is 15.7. The van der Waals surface area contributed by atoms with Crippen molar-refractivity contribution in [1.82, 2.24) is 5.32 Å². The molecule has 0 saturated carbocycles. The fourth-order valence-corrected chi connectivity index (χ4v) is 2.25. The normalized spacial score (nSPS) is 10.5. The third-order valence-corrected chi connectivity index (χ3v) is 3.62. The van der Waals surface area contributed by atoms with E-state index in [0.717, 1.165) is 32.1 Å². The van der Waals surface area contributed by atoms with E-state index in [1.54, 1.807) is 18.2 Å². The molecule has 0 aliphatic heterocycles. The molecule has 0 aliphatic carbocycles. The predicted octanol–water partition coefficient (Wildman–Crippen LogP) is 2.98. The number of esters is 1. The van der Waals surface area contributed by atoms with Crippen LogP contribution in [-0.4, -0.2) is 31.6 Å². The van der Waals surface area contributed by atoms with Gasteiger partial charge in [0.15, 0.2) is 0 Å². The quantitative estimate of drug-likeness (QED) is 0.183. The van der Waals surface area contributed by atoms with E-state index in [-0.39, 0.29) is 12.5 Å². The van der Waals surface area contributed by atoms with Crippen LogP contribution in [0.2, 0.25) is 0 Å². The predicted molar refractivity (Wildman–Crippen MR) is 99.3 cm³/mol. The summed E-state index contributed by atoms with van der Waals surface area (Å²) in [6, 6.07) is 4.98. The second kappa shape index (κ2) is 13.1. The van der Waals surface area contributed by atoms with Crippen LogP contribution in [0, 0.1) is 0 Å². The number of nitrogen functional groups attached to an aromatic ring is 1. The van der Waals surface area contributed by atoms with Gasteiger partial charge in [0.1, 0.15) is 6.61 Å². The maximum absolute atomic E-state index is 12.4. The molecule has 0 spiro atoms. The molecule has 26 heavy (non-hydrogen) atoms. The molecular formula is C19H30N2O5. The van der Waals surface area contributed by atoms with E-state index in [2.05, 4.69) is 5.32 Å². The minimum absolute atomic E-state index is 0.0540. The second-order valence-electron chi connectivity index (χ2n) is 6.01. The second-order valence-corrected chi connectivity index (χ2v) is 6.01. The molecule has 0 unspecified atom stereocenters. The highest BCUT2D eigenvalue weighted by molar-refractivity contribution is 5.96.